The molecule has 0 atom stereocenters. The van der Waals surface area contributed by atoms with Crippen LogP contribution in [0.2, 0.25) is 0 Å². The van der Waals surface area contributed by atoms with Gasteiger partial charge >= 0.3 is 4.87 Å². The molecule has 1 heterocycles. The van der Waals surface area contributed by atoms with E-state index in [1.807, 2.05) is 18.2 Å². The van der Waals surface area contributed by atoms with Gasteiger partial charge in [0.05, 0.1) is 10.2 Å². The molecule has 2 aromatic rings. The lowest BCUT2D eigenvalue weighted by Gasteiger charge is -1.95. The number of nitrogens with one attached hydrogen (secondary N) is 1. The number of fused-ring (bicyclic) bond motifs is 1. The van der Waals surface area contributed by atoms with Crippen LogP contribution >= 0.6 is 22.9 Å². The highest BCUT2D eigenvalue weighted by Crippen LogP contribution is 2.16. The van der Waals surface area contributed by atoms with Crippen molar-refractivity contribution in [1.82, 2.24) is 4.98 Å². The minimum Gasteiger partial charge on any atom is -0.312 e. The van der Waals surface area contributed by atoms with Crippen LogP contribution in [0.4, 0.5) is 0 Å². The van der Waals surface area contributed by atoms with Crippen molar-refractivity contribution in [3.8, 4) is 0 Å². The molecule has 13 heavy (non-hydrogen) atoms. The van der Waals surface area contributed by atoms with E-state index in [9.17, 15) is 4.79 Å². The maximum atomic E-state index is 11.0. The molecule has 1 N–H and O–H groups in total. The number of hydrogen-bond acceptors (Lipinski definition) is 2. The number of halogens is 1. The van der Waals surface area contributed by atoms with E-state index in [0.717, 1.165) is 16.6 Å². The van der Waals surface area contributed by atoms with E-state index in [4.69, 9.17) is 11.6 Å². The second-order valence-electron chi connectivity index (χ2n) is 2.78. The summed E-state index contributed by atoms with van der Waals surface area (Å²) in [4.78, 5) is 13.8. The van der Waals surface area contributed by atoms with Gasteiger partial charge in [0, 0.05) is 5.88 Å². The van der Waals surface area contributed by atoms with Gasteiger partial charge in [0.15, 0.2) is 0 Å². The van der Waals surface area contributed by atoms with Gasteiger partial charge in [-0.25, -0.2) is 0 Å². The summed E-state index contributed by atoms with van der Waals surface area (Å²) in [6.07, 6.45) is 0.851. The zero-order valence-electron chi connectivity index (χ0n) is 6.84. The Morgan fingerprint density at radius 1 is 1.46 bits per heavy atom. The molecule has 1 aromatic heterocycles. The molecule has 0 bridgehead atoms. The summed E-state index contributed by atoms with van der Waals surface area (Å²) in [6, 6.07) is 5.93. The summed E-state index contributed by atoms with van der Waals surface area (Å²) < 4.78 is 1.01. The van der Waals surface area contributed by atoms with Crippen molar-refractivity contribution in [2.24, 2.45) is 0 Å². The number of H-pyrrole nitrogens is 1. The van der Waals surface area contributed by atoms with E-state index in [0.29, 0.717) is 5.88 Å². The summed E-state index contributed by atoms with van der Waals surface area (Å²) in [5.41, 5.74) is 2.09. The molecule has 2 rings (SSSR count). The molecule has 0 aliphatic heterocycles. The average Bonchev–Trinajstić information content (AvgIpc) is 2.44. The second kappa shape index (κ2) is 3.52. The normalized spacial score (nSPS) is 10.8. The first-order valence-corrected chi connectivity index (χ1v) is 5.32. The summed E-state index contributed by atoms with van der Waals surface area (Å²) >= 11 is 6.86. The molecule has 68 valence electrons. The van der Waals surface area contributed by atoms with Crippen molar-refractivity contribution in [3.05, 3.63) is 33.4 Å². The molecule has 0 saturated heterocycles. The van der Waals surface area contributed by atoms with E-state index >= 15 is 0 Å². The molecule has 0 saturated carbocycles. The minimum atomic E-state index is -0.00183. The molecule has 0 fully saturated rings. The van der Waals surface area contributed by atoms with E-state index in [-0.39, 0.29) is 4.87 Å². The molecule has 2 nitrogen and oxygen atoms in total. The van der Waals surface area contributed by atoms with Crippen molar-refractivity contribution >= 4 is 33.2 Å². The summed E-state index contributed by atoms with van der Waals surface area (Å²) in [7, 11) is 0. The van der Waals surface area contributed by atoms with E-state index in [1.54, 1.807) is 0 Å². The largest absolute Gasteiger partial charge is 0.312 e. The SMILES string of the molecule is O=c1[nH]c2ccc(CCCl)cc2s1. The van der Waals surface area contributed by atoms with Gasteiger partial charge < -0.3 is 4.98 Å². The second-order valence-corrected chi connectivity index (χ2v) is 4.18. The Balaban J connectivity index is 2.54. The van der Waals surface area contributed by atoms with E-state index < -0.39 is 0 Å². The fourth-order valence-electron chi connectivity index (χ4n) is 1.25. The predicted octanol–water partition coefficient (Wildman–Crippen LogP) is 2.37. The van der Waals surface area contributed by atoms with Crippen LogP contribution < -0.4 is 4.87 Å². The molecule has 1 aromatic carbocycles. The Morgan fingerprint density at radius 3 is 3.08 bits per heavy atom. The number of aromatic nitrogens is 1. The van der Waals surface area contributed by atoms with Gasteiger partial charge in [0.1, 0.15) is 0 Å². The van der Waals surface area contributed by atoms with Crippen molar-refractivity contribution in [3.63, 3.8) is 0 Å². The Bertz CT molecular complexity index is 474. The van der Waals surface area contributed by atoms with Crippen LogP contribution in [-0.4, -0.2) is 10.9 Å². The van der Waals surface area contributed by atoms with E-state index in [2.05, 4.69) is 4.98 Å². The van der Waals surface area contributed by atoms with Crippen LogP contribution in [0.15, 0.2) is 23.0 Å². The van der Waals surface area contributed by atoms with Crippen LogP contribution in [0.1, 0.15) is 5.56 Å². The highest BCUT2D eigenvalue weighted by atomic mass is 35.5. The molecular formula is C9H8ClNOS. The van der Waals surface area contributed by atoms with Gasteiger partial charge in [-0.05, 0) is 24.1 Å². The molecule has 4 heteroatoms. The van der Waals surface area contributed by atoms with Gasteiger partial charge in [0.25, 0.3) is 0 Å². The van der Waals surface area contributed by atoms with Crippen molar-refractivity contribution in [2.75, 3.05) is 5.88 Å². The standard InChI is InChI=1S/C9H8ClNOS/c10-4-3-6-1-2-7-8(5-6)13-9(12)11-7/h1-2,5H,3-4H2,(H,11,12). The first-order chi connectivity index (χ1) is 6.29. The molecule has 0 aliphatic carbocycles. The fourth-order valence-corrected chi connectivity index (χ4v) is 2.27. The maximum Gasteiger partial charge on any atom is 0.305 e. The predicted molar refractivity (Wildman–Crippen MR) is 56.9 cm³/mol. The monoisotopic (exact) mass is 213 g/mol. The third-order valence-electron chi connectivity index (χ3n) is 1.87. The molecular weight excluding hydrogens is 206 g/mol. The molecule has 0 spiro atoms. The Kier molecular flexibility index (Phi) is 2.38. The Morgan fingerprint density at radius 2 is 2.31 bits per heavy atom. The smallest absolute Gasteiger partial charge is 0.305 e. The number of thiazole rings is 1. The number of hydrogen-bond donors (Lipinski definition) is 1. The Hall–Kier alpha value is -0.800. The summed E-state index contributed by atoms with van der Waals surface area (Å²) in [5.74, 6) is 0.616. The highest BCUT2D eigenvalue weighted by molar-refractivity contribution is 7.16. The van der Waals surface area contributed by atoms with Gasteiger partial charge in [-0.15, -0.1) is 11.6 Å². The zero-order valence-corrected chi connectivity index (χ0v) is 8.41. The first kappa shape index (κ1) is 8.78. The number of alkyl halides is 1. The number of benzene rings is 1. The molecule has 0 radical (unpaired) electrons. The van der Waals surface area contributed by atoms with Gasteiger partial charge in [0.2, 0.25) is 0 Å². The van der Waals surface area contributed by atoms with Crippen LogP contribution in [0.3, 0.4) is 0 Å². The van der Waals surface area contributed by atoms with Crippen LogP contribution in [0, 0.1) is 0 Å². The maximum absolute atomic E-state index is 11.0. The summed E-state index contributed by atoms with van der Waals surface area (Å²) in [6.45, 7) is 0. The fraction of sp³-hybridized carbons (Fsp3) is 0.222. The van der Waals surface area contributed by atoms with Crippen molar-refractivity contribution < 1.29 is 0 Å². The third-order valence-corrected chi connectivity index (χ3v) is 2.90. The quantitative estimate of drug-likeness (QED) is 0.764. The van der Waals surface area contributed by atoms with Crippen LogP contribution in [0.5, 0.6) is 0 Å². The third kappa shape index (κ3) is 1.76. The number of aromatic amines is 1. The first-order valence-electron chi connectivity index (χ1n) is 3.97. The Labute approximate surface area is 84.2 Å². The molecule has 0 unspecified atom stereocenters. The lowest BCUT2D eigenvalue weighted by molar-refractivity contribution is 1.16. The highest BCUT2D eigenvalue weighted by Gasteiger charge is 1.99. The van der Waals surface area contributed by atoms with Gasteiger partial charge in [-0.2, -0.15) is 0 Å². The zero-order chi connectivity index (χ0) is 9.26. The van der Waals surface area contributed by atoms with Crippen LogP contribution in [0.25, 0.3) is 10.2 Å². The van der Waals surface area contributed by atoms with Crippen molar-refractivity contribution in [1.29, 1.82) is 0 Å². The molecule has 0 amide bonds. The topological polar surface area (TPSA) is 32.9 Å². The van der Waals surface area contributed by atoms with E-state index in [1.165, 1.54) is 16.9 Å². The van der Waals surface area contributed by atoms with Gasteiger partial charge in [-0.1, -0.05) is 17.4 Å². The van der Waals surface area contributed by atoms with Crippen LogP contribution in [-0.2, 0) is 6.42 Å². The molecule has 0 aliphatic rings. The van der Waals surface area contributed by atoms with Gasteiger partial charge in [-0.3, -0.25) is 4.79 Å². The van der Waals surface area contributed by atoms with Crippen molar-refractivity contribution in [2.45, 2.75) is 6.42 Å². The lowest BCUT2D eigenvalue weighted by atomic mass is 10.2. The average molecular weight is 214 g/mol. The number of rotatable bonds is 2. The lowest BCUT2D eigenvalue weighted by Crippen LogP contribution is -1.89. The minimum absolute atomic E-state index is 0.00183. The summed E-state index contributed by atoms with van der Waals surface area (Å²) in [5, 5.41) is 0. The number of aryl methyl sites for hydroxylation is 1.